The first-order valence-corrected chi connectivity index (χ1v) is 9.84. The van der Waals surface area contributed by atoms with Crippen molar-refractivity contribution >= 4 is 32.5 Å². The summed E-state index contributed by atoms with van der Waals surface area (Å²) in [6.07, 6.45) is 0. The minimum Gasteiger partial charge on any atom is -0.322 e. The van der Waals surface area contributed by atoms with Crippen LogP contribution in [-0.2, 0) is 10.0 Å². The number of benzene rings is 2. The van der Waals surface area contributed by atoms with Crippen LogP contribution >= 0.6 is 0 Å². The van der Waals surface area contributed by atoms with E-state index in [0.717, 1.165) is 26.5 Å². The van der Waals surface area contributed by atoms with Crippen molar-refractivity contribution in [3.63, 3.8) is 0 Å². The van der Waals surface area contributed by atoms with Crippen LogP contribution in [0.2, 0.25) is 0 Å². The summed E-state index contributed by atoms with van der Waals surface area (Å²) < 4.78 is 25.7. The van der Waals surface area contributed by atoms with E-state index >= 15 is 0 Å². The van der Waals surface area contributed by atoms with Gasteiger partial charge in [0.25, 0.3) is 5.91 Å². The number of aryl methyl sites for hydroxylation is 2. The maximum Gasteiger partial charge on any atom is 0.256 e. The Hall–Kier alpha value is -2.77. The highest BCUT2D eigenvalue weighted by Crippen LogP contribution is 2.23. The van der Waals surface area contributed by atoms with Gasteiger partial charge in [0, 0.05) is 30.9 Å². The lowest BCUT2D eigenvalue weighted by Gasteiger charge is -2.13. The summed E-state index contributed by atoms with van der Waals surface area (Å²) in [5, 5.41) is 3.56. The van der Waals surface area contributed by atoms with E-state index in [-0.39, 0.29) is 10.8 Å². The molecule has 27 heavy (non-hydrogen) atoms. The lowest BCUT2D eigenvalue weighted by atomic mass is 10.0. The molecule has 1 amide bonds. The van der Waals surface area contributed by atoms with Crippen molar-refractivity contribution in [2.24, 2.45) is 0 Å². The van der Waals surface area contributed by atoms with Crippen molar-refractivity contribution in [1.82, 2.24) is 9.29 Å². The zero-order valence-corrected chi connectivity index (χ0v) is 16.5. The van der Waals surface area contributed by atoms with E-state index in [4.69, 9.17) is 0 Å². The molecule has 1 aromatic heterocycles. The van der Waals surface area contributed by atoms with Crippen LogP contribution in [-0.4, -0.2) is 37.7 Å². The Morgan fingerprint density at radius 2 is 1.78 bits per heavy atom. The molecule has 3 rings (SSSR count). The Morgan fingerprint density at radius 1 is 1.04 bits per heavy atom. The maximum absolute atomic E-state index is 12.9. The number of aromatic nitrogens is 1. The summed E-state index contributed by atoms with van der Waals surface area (Å²) in [5.41, 5.74) is 3.43. The van der Waals surface area contributed by atoms with Crippen LogP contribution < -0.4 is 5.32 Å². The van der Waals surface area contributed by atoms with E-state index in [1.54, 1.807) is 18.2 Å². The molecule has 2 aromatic carbocycles. The fourth-order valence-corrected chi connectivity index (χ4v) is 3.75. The largest absolute Gasteiger partial charge is 0.322 e. The highest BCUT2D eigenvalue weighted by molar-refractivity contribution is 7.89. The first kappa shape index (κ1) is 19.0. The van der Waals surface area contributed by atoms with Gasteiger partial charge in [-0.15, -0.1) is 0 Å². The van der Waals surface area contributed by atoms with E-state index in [0.29, 0.717) is 11.3 Å². The molecular formula is C20H21N3O3S. The number of sulfonamides is 1. The number of pyridine rings is 1. The number of carbonyl (C=O) groups is 1. The SMILES string of the molecule is Cc1ccc2nc(C)cc(C(=O)Nc3cccc(S(=O)(=O)N(C)C)c3)c2c1. The summed E-state index contributed by atoms with van der Waals surface area (Å²) in [7, 11) is -0.641. The molecule has 1 heterocycles. The highest BCUT2D eigenvalue weighted by Gasteiger charge is 2.18. The second-order valence-electron chi connectivity index (χ2n) is 6.60. The molecule has 1 N–H and O–H groups in total. The van der Waals surface area contributed by atoms with Gasteiger partial charge in [-0.1, -0.05) is 17.7 Å². The number of hydrogen-bond acceptors (Lipinski definition) is 4. The van der Waals surface area contributed by atoms with Crippen LogP contribution in [0.15, 0.2) is 53.4 Å². The van der Waals surface area contributed by atoms with Gasteiger partial charge < -0.3 is 5.32 Å². The minimum absolute atomic E-state index is 0.122. The summed E-state index contributed by atoms with van der Waals surface area (Å²) >= 11 is 0. The second kappa shape index (κ2) is 7.09. The van der Waals surface area contributed by atoms with Crippen LogP contribution in [0, 0.1) is 13.8 Å². The van der Waals surface area contributed by atoms with Gasteiger partial charge in [0.15, 0.2) is 0 Å². The average Bonchev–Trinajstić information content (AvgIpc) is 2.61. The average molecular weight is 383 g/mol. The maximum atomic E-state index is 12.9. The number of carbonyl (C=O) groups excluding carboxylic acids is 1. The van der Waals surface area contributed by atoms with E-state index < -0.39 is 10.0 Å². The molecule has 0 unspecified atom stereocenters. The molecule has 0 fully saturated rings. The van der Waals surface area contributed by atoms with Gasteiger partial charge in [-0.2, -0.15) is 0 Å². The highest BCUT2D eigenvalue weighted by atomic mass is 32.2. The third-order valence-corrected chi connectivity index (χ3v) is 6.02. The molecule has 3 aromatic rings. The lowest BCUT2D eigenvalue weighted by molar-refractivity contribution is 0.102. The van der Waals surface area contributed by atoms with Gasteiger partial charge in [-0.25, -0.2) is 12.7 Å². The fraction of sp³-hybridized carbons (Fsp3) is 0.200. The van der Waals surface area contributed by atoms with Crippen LogP contribution in [0.25, 0.3) is 10.9 Å². The lowest BCUT2D eigenvalue weighted by Crippen LogP contribution is -2.22. The molecule has 7 heteroatoms. The molecule has 0 saturated carbocycles. The first-order valence-electron chi connectivity index (χ1n) is 8.40. The Kier molecular flexibility index (Phi) is 4.99. The Balaban J connectivity index is 2.00. The van der Waals surface area contributed by atoms with Crippen molar-refractivity contribution in [3.8, 4) is 0 Å². The van der Waals surface area contributed by atoms with Crippen molar-refractivity contribution in [1.29, 1.82) is 0 Å². The molecule has 0 atom stereocenters. The molecule has 6 nitrogen and oxygen atoms in total. The van der Waals surface area contributed by atoms with Gasteiger partial charge in [0.1, 0.15) is 0 Å². The monoisotopic (exact) mass is 383 g/mol. The number of anilines is 1. The third-order valence-electron chi connectivity index (χ3n) is 4.21. The smallest absolute Gasteiger partial charge is 0.256 e. The van der Waals surface area contributed by atoms with Gasteiger partial charge >= 0.3 is 0 Å². The second-order valence-corrected chi connectivity index (χ2v) is 8.75. The van der Waals surface area contributed by atoms with Crippen LogP contribution in [0.4, 0.5) is 5.69 Å². The Morgan fingerprint density at radius 3 is 2.48 bits per heavy atom. The summed E-state index contributed by atoms with van der Waals surface area (Å²) in [6, 6.07) is 13.7. The molecule has 0 saturated heterocycles. The Labute approximate surface area is 158 Å². The predicted octanol–water partition coefficient (Wildman–Crippen LogP) is 3.35. The van der Waals surface area contributed by atoms with E-state index in [2.05, 4.69) is 10.3 Å². The zero-order valence-electron chi connectivity index (χ0n) is 15.6. The third kappa shape index (κ3) is 3.84. The van der Waals surface area contributed by atoms with E-state index in [9.17, 15) is 13.2 Å². The van der Waals surface area contributed by atoms with Gasteiger partial charge in [0.05, 0.1) is 16.0 Å². The van der Waals surface area contributed by atoms with Crippen molar-refractivity contribution in [2.75, 3.05) is 19.4 Å². The standard InChI is InChI=1S/C20H21N3O3S/c1-13-8-9-19-17(10-13)18(11-14(2)21-19)20(24)22-15-6-5-7-16(12-15)27(25,26)23(3)4/h5-12H,1-4H3,(H,22,24). The van der Waals surface area contributed by atoms with Crippen molar-refractivity contribution < 1.29 is 13.2 Å². The number of nitrogens with one attached hydrogen (secondary N) is 1. The van der Waals surface area contributed by atoms with Crippen molar-refractivity contribution in [2.45, 2.75) is 18.7 Å². The number of nitrogens with zero attached hydrogens (tertiary/aromatic N) is 2. The summed E-state index contributed by atoms with van der Waals surface area (Å²) in [6.45, 7) is 3.79. The Bertz CT molecular complexity index is 1140. The number of fused-ring (bicyclic) bond motifs is 1. The molecule has 0 aliphatic carbocycles. The van der Waals surface area contributed by atoms with Gasteiger partial charge in [-0.3, -0.25) is 9.78 Å². The topological polar surface area (TPSA) is 79.4 Å². The molecule has 140 valence electrons. The summed E-state index contributed by atoms with van der Waals surface area (Å²) in [4.78, 5) is 17.5. The van der Waals surface area contributed by atoms with Crippen LogP contribution in [0.5, 0.6) is 0 Å². The number of rotatable bonds is 4. The first-order chi connectivity index (χ1) is 12.7. The van der Waals surface area contributed by atoms with E-state index in [1.807, 2.05) is 32.0 Å². The van der Waals surface area contributed by atoms with Crippen LogP contribution in [0.3, 0.4) is 0 Å². The zero-order chi connectivity index (χ0) is 19.8. The summed E-state index contributed by atoms with van der Waals surface area (Å²) in [5.74, 6) is -0.310. The minimum atomic E-state index is -3.57. The predicted molar refractivity (Wildman–Crippen MR) is 106 cm³/mol. The quantitative estimate of drug-likeness (QED) is 0.749. The molecule has 0 spiro atoms. The normalized spacial score (nSPS) is 11.7. The molecule has 0 bridgehead atoms. The van der Waals surface area contributed by atoms with Crippen molar-refractivity contribution in [3.05, 3.63) is 65.4 Å². The molecule has 0 aliphatic rings. The van der Waals surface area contributed by atoms with Gasteiger partial charge in [0.2, 0.25) is 10.0 Å². The number of hydrogen-bond donors (Lipinski definition) is 1. The van der Waals surface area contributed by atoms with Crippen LogP contribution in [0.1, 0.15) is 21.6 Å². The fourth-order valence-electron chi connectivity index (χ4n) is 2.80. The van der Waals surface area contributed by atoms with Gasteiger partial charge in [-0.05, 0) is 50.2 Å². The molecular weight excluding hydrogens is 362 g/mol. The number of amides is 1. The van der Waals surface area contributed by atoms with E-state index in [1.165, 1.54) is 26.2 Å². The molecule has 0 radical (unpaired) electrons. The molecule has 0 aliphatic heterocycles.